The molecule has 2 aromatic carbocycles. The summed E-state index contributed by atoms with van der Waals surface area (Å²) in [5.41, 5.74) is 5.96. The fourth-order valence-electron chi connectivity index (χ4n) is 3.79. The van der Waals surface area contributed by atoms with Crippen LogP contribution in [-0.4, -0.2) is 39.8 Å². The molecule has 1 N–H and O–H groups in total. The number of aliphatic carboxylic acids is 1. The minimum Gasteiger partial charge on any atom is -0.490 e. The molecular weight excluding hydrogens is 394 g/mol. The lowest BCUT2D eigenvalue weighted by Gasteiger charge is -2.18. The summed E-state index contributed by atoms with van der Waals surface area (Å²) in [5, 5.41) is 17.7. The summed E-state index contributed by atoms with van der Waals surface area (Å²) in [5.74, 6) is -0.187. The second kappa shape index (κ2) is 9.47. The zero-order chi connectivity index (χ0) is 21.6. The van der Waals surface area contributed by atoms with E-state index >= 15 is 0 Å². The molecule has 0 atom stereocenters. The number of aromatic nitrogens is 2. The third-order valence-electron chi connectivity index (χ3n) is 5.37. The van der Waals surface area contributed by atoms with E-state index in [0.717, 1.165) is 47.4 Å². The van der Waals surface area contributed by atoms with E-state index in [9.17, 15) is 4.79 Å². The number of benzene rings is 2. The third-order valence-corrected chi connectivity index (χ3v) is 5.37. The number of hydrogen-bond donors (Lipinski definition) is 1. The average Bonchev–Trinajstić information content (AvgIpc) is 3.30. The van der Waals surface area contributed by atoms with Gasteiger partial charge in [0.2, 0.25) is 0 Å². The summed E-state index contributed by atoms with van der Waals surface area (Å²) in [4.78, 5) is 16.5. The Hall–Kier alpha value is -3.61. The van der Waals surface area contributed by atoms with Gasteiger partial charge < -0.3 is 14.7 Å². The minimum atomic E-state index is -0.857. The van der Waals surface area contributed by atoms with Crippen molar-refractivity contribution in [3.63, 3.8) is 0 Å². The van der Waals surface area contributed by atoms with Gasteiger partial charge >= 0.3 is 5.97 Å². The lowest BCUT2D eigenvalue weighted by Crippen LogP contribution is -2.14. The average molecular weight is 419 g/mol. The molecule has 1 aliphatic rings. The van der Waals surface area contributed by atoms with Crippen molar-refractivity contribution in [1.29, 1.82) is 0 Å². The molecule has 160 valence electrons. The molecule has 0 aliphatic heterocycles. The van der Waals surface area contributed by atoms with Crippen LogP contribution >= 0.6 is 0 Å². The molecule has 3 aromatic rings. The first-order valence-electron chi connectivity index (χ1n) is 10.4. The second-order valence-electron chi connectivity index (χ2n) is 7.48. The van der Waals surface area contributed by atoms with E-state index in [1.807, 2.05) is 36.0 Å². The Morgan fingerprint density at radius 1 is 1.19 bits per heavy atom. The quantitative estimate of drug-likeness (QED) is 0.441. The number of fused-ring (bicyclic) bond motifs is 1. The normalized spacial score (nSPS) is 14.3. The van der Waals surface area contributed by atoms with Crippen molar-refractivity contribution in [3.05, 3.63) is 77.1 Å². The van der Waals surface area contributed by atoms with Crippen molar-refractivity contribution in [1.82, 2.24) is 9.78 Å². The highest BCUT2D eigenvalue weighted by Crippen LogP contribution is 2.25. The third kappa shape index (κ3) is 4.94. The van der Waals surface area contributed by atoms with Crippen LogP contribution < -0.4 is 4.74 Å². The maximum atomic E-state index is 11.0. The van der Waals surface area contributed by atoms with E-state index in [-0.39, 0.29) is 6.42 Å². The Balaban J connectivity index is 1.35. The molecule has 7 heteroatoms. The van der Waals surface area contributed by atoms with Crippen LogP contribution in [0.5, 0.6) is 5.75 Å². The van der Waals surface area contributed by atoms with E-state index in [2.05, 4.69) is 22.4 Å². The highest BCUT2D eigenvalue weighted by atomic mass is 16.6. The zero-order valence-electron chi connectivity index (χ0n) is 17.5. The molecule has 1 aliphatic carbocycles. The van der Waals surface area contributed by atoms with Gasteiger partial charge in [0, 0.05) is 18.0 Å². The molecule has 7 nitrogen and oxygen atoms in total. The predicted octanol–water partition coefficient (Wildman–Crippen LogP) is 3.94. The zero-order valence-corrected chi connectivity index (χ0v) is 17.5. The number of carboxylic acids is 1. The van der Waals surface area contributed by atoms with Gasteiger partial charge in [0.05, 0.1) is 17.8 Å². The van der Waals surface area contributed by atoms with Gasteiger partial charge in [0.1, 0.15) is 12.4 Å². The molecule has 0 saturated heterocycles. The van der Waals surface area contributed by atoms with Crippen molar-refractivity contribution in [3.8, 4) is 11.4 Å². The Morgan fingerprint density at radius 3 is 2.90 bits per heavy atom. The molecule has 4 rings (SSSR count). The summed E-state index contributed by atoms with van der Waals surface area (Å²) >= 11 is 0. The van der Waals surface area contributed by atoms with E-state index in [1.165, 1.54) is 5.56 Å². The maximum absolute atomic E-state index is 11.0. The molecule has 0 radical (unpaired) electrons. The summed E-state index contributed by atoms with van der Waals surface area (Å²) in [6, 6.07) is 13.6. The smallest absolute Gasteiger partial charge is 0.307 e. The number of nitrogens with zero attached hydrogens (tertiary/aromatic N) is 3. The molecular formula is C24H25N3O4. The molecule has 31 heavy (non-hydrogen) atoms. The van der Waals surface area contributed by atoms with Crippen molar-refractivity contribution < 1.29 is 19.5 Å². The fourth-order valence-corrected chi connectivity index (χ4v) is 3.79. The second-order valence-corrected chi connectivity index (χ2v) is 7.48. The van der Waals surface area contributed by atoms with Crippen LogP contribution in [0.25, 0.3) is 5.69 Å². The molecule has 0 amide bonds. The Labute approximate surface area is 180 Å². The van der Waals surface area contributed by atoms with Gasteiger partial charge in [-0.1, -0.05) is 23.4 Å². The summed E-state index contributed by atoms with van der Waals surface area (Å²) in [7, 11) is 0. The Morgan fingerprint density at radius 2 is 2.10 bits per heavy atom. The number of ether oxygens (including phenoxy) is 1. The van der Waals surface area contributed by atoms with Crippen LogP contribution in [0.2, 0.25) is 0 Å². The lowest BCUT2D eigenvalue weighted by atomic mass is 9.90. The SMILES string of the molecule is Cc1c(CC(=O)O)cccc1OCCON=C1CCCc2cc(-n3cccn3)ccc21. The first-order chi connectivity index (χ1) is 15.1. The summed E-state index contributed by atoms with van der Waals surface area (Å²) < 4.78 is 7.63. The Bertz CT molecular complexity index is 1090. The first kappa shape index (κ1) is 20.7. The number of aryl methyl sites for hydroxylation is 1. The molecule has 1 heterocycles. The number of carbonyl (C=O) groups is 1. The molecule has 0 bridgehead atoms. The van der Waals surface area contributed by atoms with E-state index in [0.29, 0.717) is 19.0 Å². The van der Waals surface area contributed by atoms with E-state index in [1.54, 1.807) is 18.3 Å². The van der Waals surface area contributed by atoms with Gasteiger partial charge in [-0.15, -0.1) is 0 Å². The van der Waals surface area contributed by atoms with Crippen LogP contribution in [0.1, 0.15) is 35.1 Å². The standard InChI is InChI=1S/C24H25N3O4/c1-17-18(16-24(28)29)5-3-8-23(17)30-13-14-31-26-22-7-2-6-19-15-20(9-10-21(19)22)27-12-4-11-25-27/h3-5,8-12,15H,2,6-7,13-14,16H2,1H3,(H,28,29). The topological polar surface area (TPSA) is 85.9 Å². The monoisotopic (exact) mass is 419 g/mol. The number of hydrogen-bond acceptors (Lipinski definition) is 5. The maximum Gasteiger partial charge on any atom is 0.307 e. The van der Waals surface area contributed by atoms with Crippen LogP contribution in [-0.2, 0) is 22.5 Å². The van der Waals surface area contributed by atoms with E-state index in [4.69, 9.17) is 14.7 Å². The Kier molecular flexibility index (Phi) is 6.31. The van der Waals surface area contributed by atoms with Crippen LogP contribution in [0.3, 0.4) is 0 Å². The first-order valence-corrected chi connectivity index (χ1v) is 10.4. The molecule has 1 aromatic heterocycles. The van der Waals surface area contributed by atoms with Crippen LogP contribution in [0.4, 0.5) is 0 Å². The highest BCUT2D eigenvalue weighted by Gasteiger charge is 2.17. The molecule has 0 saturated carbocycles. The number of rotatable bonds is 8. The van der Waals surface area contributed by atoms with Crippen molar-refractivity contribution >= 4 is 11.7 Å². The lowest BCUT2D eigenvalue weighted by molar-refractivity contribution is -0.136. The number of oxime groups is 1. The summed E-state index contributed by atoms with van der Waals surface area (Å²) in [6.07, 6.45) is 6.61. The minimum absolute atomic E-state index is 0.0191. The van der Waals surface area contributed by atoms with Gasteiger partial charge in [-0.2, -0.15) is 5.10 Å². The fraction of sp³-hybridized carbons (Fsp3) is 0.292. The highest BCUT2D eigenvalue weighted by molar-refractivity contribution is 6.02. The molecule has 0 fully saturated rings. The van der Waals surface area contributed by atoms with Gasteiger partial charge in [-0.25, -0.2) is 4.68 Å². The summed E-state index contributed by atoms with van der Waals surface area (Å²) in [6.45, 7) is 2.51. The molecule has 0 spiro atoms. The van der Waals surface area contributed by atoms with Gasteiger partial charge in [0.15, 0.2) is 6.61 Å². The number of carboxylic acid groups (broad SMARTS) is 1. The van der Waals surface area contributed by atoms with Gasteiger partial charge in [-0.3, -0.25) is 4.79 Å². The van der Waals surface area contributed by atoms with Gasteiger partial charge in [-0.05, 0) is 67.1 Å². The molecule has 0 unspecified atom stereocenters. The van der Waals surface area contributed by atoms with Crippen molar-refractivity contribution in [2.24, 2.45) is 5.16 Å². The predicted molar refractivity (Wildman–Crippen MR) is 117 cm³/mol. The van der Waals surface area contributed by atoms with E-state index < -0.39 is 5.97 Å². The van der Waals surface area contributed by atoms with Crippen LogP contribution in [0, 0.1) is 6.92 Å². The van der Waals surface area contributed by atoms with Crippen molar-refractivity contribution in [2.75, 3.05) is 13.2 Å². The van der Waals surface area contributed by atoms with Crippen LogP contribution in [0.15, 0.2) is 60.0 Å². The largest absolute Gasteiger partial charge is 0.490 e. The van der Waals surface area contributed by atoms with Crippen molar-refractivity contribution in [2.45, 2.75) is 32.6 Å². The van der Waals surface area contributed by atoms with Gasteiger partial charge in [0.25, 0.3) is 0 Å².